The quantitative estimate of drug-likeness (QED) is 0.506. The Labute approximate surface area is 146 Å². The van der Waals surface area contributed by atoms with Crippen LogP contribution in [-0.4, -0.2) is 17.8 Å². The van der Waals surface area contributed by atoms with Crippen molar-refractivity contribution in [1.82, 2.24) is 4.68 Å². The molecule has 2 fully saturated rings. The molecular formula is C17H30IN3. The zero-order valence-corrected chi connectivity index (χ0v) is 16.0. The topological polar surface area (TPSA) is 12.1 Å². The van der Waals surface area contributed by atoms with Gasteiger partial charge in [0, 0.05) is 13.0 Å². The Bertz CT molecular complexity index is 463. The molecule has 1 aliphatic carbocycles. The number of hydrogen-bond acceptors (Lipinski definition) is 1. The predicted octanol–water partition coefficient (Wildman–Crippen LogP) is 0.138. The molecule has 0 aromatic carbocycles. The second-order valence-electron chi connectivity index (χ2n) is 7.00. The second kappa shape index (κ2) is 7.34. The average molecular weight is 403 g/mol. The maximum Gasteiger partial charge on any atom is 0.297 e. The summed E-state index contributed by atoms with van der Waals surface area (Å²) >= 11 is 0. The molecular weight excluding hydrogens is 373 g/mol. The molecule has 1 unspecified atom stereocenters. The van der Waals surface area contributed by atoms with Crippen molar-refractivity contribution in [2.24, 2.45) is 20.0 Å². The van der Waals surface area contributed by atoms with Crippen LogP contribution in [0.15, 0.2) is 6.07 Å². The number of anilines is 1. The molecule has 1 aromatic rings. The first kappa shape index (κ1) is 17.1. The van der Waals surface area contributed by atoms with Gasteiger partial charge >= 0.3 is 0 Å². The molecule has 2 aliphatic rings. The molecule has 1 aliphatic heterocycles. The maximum atomic E-state index is 2.60. The monoisotopic (exact) mass is 403 g/mol. The lowest BCUT2D eigenvalue weighted by Crippen LogP contribution is -3.00. The van der Waals surface area contributed by atoms with Gasteiger partial charge in [-0.2, -0.15) is 4.68 Å². The van der Waals surface area contributed by atoms with Crippen LogP contribution in [0.4, 0.5) is 5.82 Å². The van der Waals surface area contributed by atoms with Crippen LogP contribution in [0.25, 0.3) is 0 Å². The van der Waals surface area contributed by atoms with Crippen molar-refractivity contribution in [1.29, 1.82) is 0 Å². The summed E-state index contributed by atoms with van der Waals surface area (Å²) in [6.45, 7) is 4.84. The van der Waals surface area contributed by atoms with Crippen LogP contribution in [0.2, 0.25) is 0 Å². The Balaban J connectivity index is 0.00000161. The molecule has 1 atom stereocenters. The van der Waals surface area contributed by atoms with E-state index >= 15 is 0 Å². The minimum Gasteiger partial charge on any atom is -1.00 e. The van der Waals surface area contributed by atoms with E-state index in [4.69, 9.17) is 0 Å². The zero-order chi connectivity index (χ0) is 14.1. The third kappa shape index (κ3) is 3.57. The van der Waals surface area contributed by atoms with E-state index < -0.39 is 0 Å². The van der Waals surface area contributed by atoms with Crippen molar-refractivity contribution in [2.75, 3.05) is 18.0 Å². The normalized spacial score (nSPS) is 24.0. The molecule has 0 radical (unpaired) electrons. The fraction of sp³-hybridized carbons (Fsp3) is 0.824. The molecule has 0 amide bonds. The molecule has 3 nitrogen and oxygen atoms in total. The number of nitrogens with zero attached hydrogens (tertiary/aromatic N) is 3. The van der Waals surface area contributed by atoms with E-state index in [-0.39, 0.29) is 24.0 Å². The number of hydrogen-bond donors (Lipinski definition) is 0. The van der Waals surface area contributed by atoms with Crippen LogP contribution in [0.5, 0.6) is 0 Å². The van der Waals surface area contributed by atoms with Crippen molar-refractivity contribution in [2.45, 2.75) is 57.8 Å². The van der Waals surface area contributed by atoms with E-state index in [0.29, 0.717) is 0 Å². The fourth-order valence-corrected chi connectivity index (χ4v) is 4.12. The molecule has 3 rings (SSSR count). The lowest BCUT2D eigenvalue weighted by atomic mass is 9.87. The summed E-state index contributed by atoms with van der Waals surface area (Å²) < 4.78 is 4.76. The molecule has 1 saturated carbocycles. The third-order valence-corrected chi connectivity index (χ3v) is 5.44. The van der Waals surface area contributed by atoms with Crippen molar-refractivity contribution in [3.8, 4) is 0 Å². The maximum absolute atomic E-state index is 2.60. The van der Waals surface area contributed by atoms with Crippen LogP contribution >= 0.6 is 0 Å². The Morgan fingerprint density at radius 2 is 1.81 bits per heavy atom. The van der Waals surface area contributed by atoms with Crippen LogP contribution in [0.3, 0.4) is 0 Å². The summed E-state index contributed by atoms with van der Waals surface area (Å²) in [5.41, 5.74) is 1.56. The first-order valence-corrected chi connectivity index (χ1v) is 8.47. The van der Waals surface area contributed by atoms with Gasteiger partial charge in [0.2, 0.25) is 0 Å². The molecule has 0 N–H and O–H groups in total. The van der Waals surface area contributed by atoms with Gasteiger partial charge in [-0.1, -0.05) is 26.2 Å². The van der Waals surface area contributed by atoms with Crippen LogP contribution < -0.4 is 33.6 Å². The van der Waals surface area contributed by atoms with Crippen molar-refractivity contribution in [3.05, 3.63) is 11.8 Å². The summed E-state index contributed by atoms with van der Waals surface area (Å²) in [7, 11) is 4.46. The molecule has 0 bridgehead atoms. The minimum absolute atomic E-state index is 0. The molecule has 21 heavy (non-hydrogen) atoms. The zero-order valence-electron chi connectivity index (χ0n) is 13.8. The minimum atomic E-state index is 0. The molecule has 1 aromatic heterocycles. The van der Waals surface area contributed by atoms with Gasteiger partial charge < -0.3 is 24.0 Å². The predicted molar refractivity (Wildman–Crippen MR) is 83.0 cm³/mol. The van der Waals surface area contributed by atoms with Gasteiger partial charge in [-0.15, -0.1) is 0 Å². The number of halogens is 1. The molecule has 0 spiro atoms. The molecule has 1 saturated heterocycles. The van der Waals surface area contributed by atoms with Gasteiger partial charge in [0.25, 0.3) is 5.82 Å². The van der Waals surface area contributed by atoms with Crippen molar-refractivity contribution >= 4 is 5.82 Å². The van der Waals surface area contributed by atoms with Crippen LogP contribution in [0, 0.1) is 5.92 Å². The summed E-state index contributed by atoms with van der Waals surface area (Å²) in [5, 5.41) is 0. The Kier molecular flexibility index (Phi) is 5.97. The van der Waals surface area contributed by atoms with E-state index in [1.807, 2.05) is 0 Å². The van der Waals surface area contributed by atoms with Gasteiger partial charge in [0.05, 0.1) is 24.8 Å². The Hall–Kier alpha value is -0.260. The SMILES string of the molecule is CC1CCCN(c2cc(C3CCCCC3)n(C)[n+]2C)C1.[I-]. The largest absolute Gasteiger partial charge is 1.00 e. The van der Waals surface area contributed by atoms with E-state index in [1.165, 1.54) is 63.9 Å². The van der Waals surface area contributed by atoms with E-state index in [1.54, 1.807) is 5.69 Å². The highest BCUT2D eigenvalue weighted by Crippen LogP contribution is 2.33. The van der Waals surface area contributed by atoms with Crippen molar-refractivity contribution < 1.29 is 28.7 Å². The van der Waals surface area contributed by atoms with Gasteiger partial charge in [-0.3, -0.25) is 4.90 Å². The van der Waals surface area contributed by atoms with E-state index in [0.717, 1.165) is 11.8 Å². The number of piperidine rings is 1. The second-order valence-corrected chi connectivity index (χ2v) is 7.00. The molecule has 2 heterocycles. The van der Waals surface area contributed by atoms with Gasteiger partial charge in [-0.25, -0.2) is 4.68 Å². The third-order valence-electron chi connectivity index (χ3n) is 5.44. The van der Waals surface area contributed by atoms with Gasteiger partial charge in [0.1, 0.15) is 7.05 Å². The van der Waals surface area contributed by atoms with Crippen LogP contribution in [-0.2, 0) is 14.1 Å². The highest BCUT2D eigenvalue weighted by molar-refractivity contribution is 5.36. The lowest BCUT2D eigenvalue weighted by Gasteiger charge is -2.25. The summed E-state index contributed by atoms with van der Waals surface area (Å²) in [6.07, 6.45) is 9.76. The van der Waals surface area contributed by atoms with E-state index in [2.05, 4.69) is 41.3 Å². The molecule has 4 heteroatoms. The summed E-state index contributed by atoms with van der Waals surface area (Å²) in [6, 6.07) is 2.48. The highest BCUT2D eigenvalue weighted by atomic mass is 127. The number of aromatic nitrogens is 2. The van der Waals surface area contributed by atoms with Crippen LogP contribution in [0.1, 0.15) is 63.5 Å². The van der Waals surface area contributed by atoms with Crippen molar-refractivity contribution in [3.63, 3.8) is 0 Å². The first-order valence-electron chi connectivity index (χ1n) is 8.47. The fourth-order valence-electron chi connectivity index (χ4n) is 4.12. The van der Waals surface area contributed by atoms with Gasteiger partial charge in [-0.05, 0) is 31.6 Å². The Morgan fingerprint density at radius 1 is 1.10 bits per heavy atom. The van der Waals surface area contributed by atoms with Gasteiger partial charge in [0.15, 0.2) is 0 Å². The lowest BCUT2D eigenvalue weighted by molar-refractivity contribution is -0.740. The average Bonchev–Trinajstić information content (AvgIpc) is 2.76. The Morgan fingerprint density at radius 3 is 2.48 bits per heavy atom. The summed E-state index contributed by atoms with van der Waals surface area (Å²) in [4.78, 5) is 2.60. The molecule has 120 valence electrons. The standard InChI is InChI=1S/C17H30N3.HI/c1-14-8-7-11-20(13-14)17-12-16(18(2)19(17)3)15-9-5-4-6-10-15;/h12,14-15H,4-11,13H2,1-3H3;1H/q+1;/p-1. The summed E-state index contributed by atoms with van der Waals surface area (Å²) in [5.74, 6) is 3.05. The number of rotatable bonds is 2. The first-order chi connectivity index (χ1) is 9.66. The smallest absolute Gasteiger partial charge is 0.297 e. The van der Waals surface area contributed by atoms with E-state index in [9.17, 15) is 0 Å². The highest BCUT2D eigenvalue weighted by Gasteiger charge is 2.30.